The van der Waals surface area contributed by atoms with Crippen LogP contribution in [0, 0.1) is 0 Å². The van der Waals surface area contributed by atoms with Crippen molar-refractivity contribution in [3.05, 3.63) is 54.1 Å². The summed E-state index contributed by atoms with van der Waals surface area (Å²) in [6.07, 6.45) is 1.99. The number of rotatable bonds is 5. The Morgan fingerprint density at radius 2 is 1.79 bits per heavy atom. The first-order valence-electron chi connectivity index (χ1n) is 8.27. The quantitative estimate of drug-likeness (QED) is 0.854. The minimum Gasteiger partial charge on any atom is -0.494 e. The summed E-state index contributed by atoms with van der Waals surface area (Å²) >= 11 is 0. The fourth-order valence-electron chi connectivity index (χ4n) is 2.82. The minimum absolute atomic E-state index is 0.130. The van der Waals surface area contributed by atoms with E-state index in [2.05, 4.69) is 11.4 Å². The predicted molar refractivity (Wildman–Crippen MR) is 93.7 cm³/mol. The number of para-hydroxylation sites is 1. The second-order valence-corrected chi connectivity index (χ2v) is 5.56. The maximum absolute atomic E-state index is 12.4. The summed E-state index contributed by atoms with van der Waals surface area (Å²) in [7, 11) is 0. The third-order valence-corrected chi connectivity index (χ3v) is 3.95. The van der Waals surface area contributed by atoms with Crippen LogP contribution in [0.1, 0.15) is 18.9 Å². The van der Waals surface area contributed by atoms with E-state index in [4.69, 9.17) is 9.47 Å². The Bertz CT molecular complexity index is 685. The smallest absolute Gasteiger partial charge is 0.324 e. The summed E-state index contributed by atoms with van der Waals surface area (Å²) in [6, 6.07) is 15.3. The predicted octanol–water partition coefficient (Wildman–Crippen LogP) is 3.58. The van der Waals surface area contributed by atoms with Gasteiger partial charge in [0, 0.05) is 12.2 Å². The van der Waals surface area contributed by atoms with E-state index < -0.39 is 0 Å². The second kappa shape index (κ2) is 7.73. The summed E-state index contributed by atoms with van der Waals surface area (Å²) < 4.78 is 11.0. The molecule has 0 saturated heterocycles. The topological polar surface area (TPSA) is 50.8 Å². The molecule has 1 aliphatic heterocycles. The monoisotopic (exact) mass is 326 g/mol. The Morgan fingerprint density at radius 3 is 2.54 bits per heavy atom. The number of carbonyl (C=O) groups excluding carboxylic acids is 1. The molecule has 1 aliphatic rings. The standard InChI is InChI=1S/C19H22N2O3/c1-2-23-16-9-11-17(12-10-16)24-14-20-19(22)21-13-5-7-15-6-3-4-8-18(15)21/h3-4,6,8-12H,2,5,7,13-14H2,1H3,(H,20,22). The van der Waals surface area contributed by atoms with E-state index >= 15 is 0 Å². The molecule has 2 aromatic rings. The summed E-state index contributed by atoms with van der Waals surface area (Å²) in [5.41, 5.74) is 2.20. The van der Waals surface area contributed by atoms with Crippen LogP contribution in [0.15, 0.2) is 48.5 Å². The highest BCUT2D eigenvalue weighted by Gasteiger charge is 2.21. The molecular formula is C19H22N2O3. The second-order valence-electron chi connectivity index (χ2n) is 5.56. The van der Waals surface area contributed by atoms with Crippen molar-refractivity contribution in [2.24, 2.45) is 0 Å². The van der Waals surface area contributed by atoms with Crippen LogP contribution in [0.2, 0.25) is 0 Å². The van der Waals surface area contributed by atoms with E-state index in [1.54, 1.807) is 4.90 Å². The first-order chi connectivity index (χ1) is 11.8. The number of ether oxygens (including phenoxy) is 2. The van der Waals surface area contributed by atoms with Gasteiger partial charge in [-0.25, -0.2) is 4.79 Å². The lowest BCUT2D eigenvalue weighted by atomic mass is 10.0. The number of nitrogens with zero attached hydrogens (tertiary/aromatic N) is 1. The van der Waals surface area contributed by atoms with Gasteiger partial charge in [0.1, 0.15) is 11.5 Å². The van der Waals surface area contributed by atoms with Crippen molar-refractivity contribution < 1.29 is 14.3 Å². The molecule has 2 aromatic carbocycles. The van der Waals surface area contributed by atoms with E-state index in [0.29, 0.717) is 12.4 Å². The minimum atomic E-state index is -0.131. The highest BCUT2D eigenvalue weighted by molar-refractivity contribution is 5.93. The van der Waals surface area contributed by atoms with Gasteiger partial charge in [-0.1, -0.05) is 18.2 Å². The van der Waals surface area contributed by atoms with Gasteiger partial charge in [0.15, 0.2) is 6.73 Å². The molecule has 24 heavy (non-hydrogen) atoms. The summed E-state index contributed by atoms with van der Waals surface area (Å²) in [6.45, 7) is 3.43. The molecule has 3 rings (SSSR count). The van der Waals surface area contributed by atoms with Gasteiger partial charge >= 0.3 is 6.03 Å². The molecule has 5 heteroatoms. The van der Waals surface area contributed by atoms with E-state index in [-0.39, 0.29) is 12.8 Å². The van der Waals surface area contributed by atoms with Crippen molar-refractivity contribution in [3.63, 3.8) is 0 Å². The fraction of sp³-hybridized carbons (Fsp3) is 0.316. The molecule has 0 bridgehead atoms. The van der Waals surface area contributed by atoms with Crippen LogP contribution in [-0.2, 0) is 6.42 Å². The molecular weight excluding hydrogens is 304 g/mol. The maximum Gasteiger partial charge on any atom is 0.324 e. The van der Waals surface area contributed by atoms with Crippen molar-refractivity contribution in [1.29, 1.82) is 0 Å². The zero-order valence-corrected chi connectivity index (χ0v) is 13.8. The zero-order chi connectivity index (χ0) is 16.8. The van der Waals surface area contributed by atoms with E-state index in [0.717, 1.165) is 30.8 Å². The normalized spacial score (nSPS) is 13.1. The van der Waals surface area contributed by atoms with Crippen LogP contribution >= 0.6 is 0 Å². The van der Waals surface area contributed by atoms with Gasteiger partial charge in [0.05, 0.1) is 6.61 Å². The number of fused-ring (bicyclic) bond motifs is 1. The molecule has 0 radical (unpaired) electrons. The number of amides is 2. The number of hydrogen-bond acceptors (Lipinski definition) is 3. The van der Waals surface area contributed by atoms with Crippen molar-refractivity contribution >= 4 is 11.7 Å². The van der Waals surface area contributed by atoms with E-state index in [1.165, 1.54) is 5.56 Å². The molecule has 1 heterocycles. The average molecular weight is 326 g/mol. The molecule has 0 saturated carbocycles. The third-order valence-electron chi connectivity index (χ3n) is 3.95. The van der Waals surface area contributed by atoms with Gasteiger partial charge in [0.2, 0.25) is 0 Å². The molecule has 1 N–H and O–H groups in total. The molecule has 2 amide bonds. The zero-order valence-electron chi connectivity index (χ0n) is 13.8. The first kappa shape index (κ1) is 16.2. The number of hydrogen-bond donors (Lipinski definition) is 1. The Balaban J connectivity index is 1.53. The molecule has 0 aromatic heterocycles. The average Bonchev–Trinajstić information content (AvgIpc) is 2.63. The maximum atomic E-state index is 12.4. The lowest BCUT2D eigenvalue weighted by molar-refractivity contribution is 0.228. The van der Waals surface area contributed by atoms with E-state index in [1.807, 2.05) is 49.4 Å². The van der Waals surface area contributed by atoms with Gasteiger partial charge in [-0.15, -0.1) is 0 Å². The van der Waals surface area contributed by atoms with Crippen LogP contribution < -0.4 is 19.7 Å². The van der Waals surface area contributed by atoms with Crippen molar-refractivity contribution in [1.82, 2.24) is 5.32 Å². The summed E-state index contributed by atoms with van der Waals surface area (Å²) in [5.74, 6) is 1.50. The number of aryl methyl sites for hydroxylation is 1. The summed E-state index contributed by atoms with van der Waals surface area (Å²) in [4.78, 5) is 14.2. The molecule has 0 unspecified atom stereocenters. The SMILES string of the molecule is CCOc1ccc(OCNC(=O)N2CCCc3ccccc32)cc1. The van der Waals surface area contributed by atoms with E-state index in [9.17, 15) is 4.79 Å². The van der Waals surface area contributed by atoms with Crippen LogP contribution in [0.25, 0.3) is 0 Å². The number of carbonyl (C=O) groups is 1. The van der Waals surface area contributed by atoms with Crippen molar-refractivity contribution in [2.45, 2.75) is 19.8 Å². The highest BCUT2D eigenvalue weighted by Crippen LogP contribution is 2.26. The molecule has 0 spiro atoms. The summed E-state index contributed by atoms with van der Waals surface area (Å²) in [5, 5.41) is 2.82. The number of urea groups is 1. The lowest BCUT2D eigenvalue weighted by Gasteiger charge is -2.29. The fourth-order valence-corrected chi connectivity index (χ4v) is 2.82. The van der Waals surface area contributed by atoms with Gasteiger partial charge in [-0.3, -0.25) is 4.90 Å². The number of nitrogens with one attached hydrogen (secondary N) is 1. The molecule has 0 aliphatic carbocycles. The van der Waals surface area contributed by atoms with Crippen LogP contribution in [0.4, 0.5) is 10.5 Å². The number of benzene rings is 2. The van der Waals surface area contributed by atoms with Gasteiger partial charge in [-0.2, -0.15) is 0 Å². The van der Waals surface area contributed by atoms with Crippen molar-refractivity contribution in [3.8, 4) is 11.5 Å². The first-order valence-corrected chi connectivity index (χ1v) is 8.27. The van der Waals surface area contributed by atoms with Crippen LogP contribution in [-0.4, -0.2) is 25.9 Å². The number of anilines is 1. The van der Waals surface area contributed by atoms with Crippen LogP contribution in [0.3, 0.4) is 0 Å². The molecule has 126 valence electrons. The van der Waals surface area contributed by atoms with Gasteiger partial charge in [-0.05, 0) is 55.7 Å². The molecule has 5 nitrogen and oxygen atoms in total. The Hall–Kier alpha value is -2.69. The lowest BCUT2D eigenvalue weighted by Crippen LogP contribution is -2.44. The van der Waals surface area contributed by atoms with Gasteiger partial charge < -0.3 is 14.8 Å². The van der Waals surface area contributed by atoms with Gasteiger partial charge in [0.25, 0.3) is 0 Å². The highest BCUT2D eigenvalue weighted by atomic mass is 16.5. The Kier molecular flexibility index (Phi) is 5.21. The molecule has 0 atom stereocenters. The largest absolute Gasteiger partial charge is 0.494 e. The van der Waals surface area contributed by atoms with Crippen molar-refractivity contribution in [2.75, 3.05) is 24.8 Å². The Morgan fingerprint density at radius 1 is 1.08 bits per heavy atom. The Labute approximate surface area is 142 Å². The molecule has 0 fully saturated rings. The van der Waals surface area contributed by atoms with Crippen LogP contribution in [0.5, 0.6) is 11.5 Å². The third kappa shape index (κ3) is 3.79.